The summed E-state index contributed by atoms with van der Waals surface area (Å²) < 4.78 is 6.29. The first-order valence-corrected chi connectivity index (χ1v) is 47.7. The molecule has 0 atom stereocenters. The molecule has 0 aromatic heterocycles. The van der Waals surface area contributed by atoms with Gasteiger partial charge in [-0.05, 0) is 236 Å². The third kappa shape index (κ3) is 19.8. The molecule has 0 spiro atoms. The van der Waals surface area contributed by atoms with E-state index in [2.05, 4.69) is 571 Å². The summed E-state index contributed by atoms with van der Waals surface area (Å²) in [6.45, 7) is 0. The second-order valence-electron chi connectivity index (χ2n) is 32.0. The predicted molar refractivity (Wildman–Crippen MR) is 576 cm³/mol. The fourth-order valence-electron chi connectivity index (χ4n) is 17.5. The predicted octanol–water partition coefficient (Wildman–Crippen LogP) is 38.1. The summed E-state index contributed by atoms with van der Waals surface area (Å²) in [7, 11) is 0. The van der Waals surface area contributed by atoms with Gasteiger partial charge in [0.1, 0.15) is 0 Å². The second-order valence-corrected chi connectivity index (χ2v) is 37.5. The quantitative estimate of drug-likeness (QED) is 0.114. The fraction of sp³-hybridized carbons (Fsp3) is 0.0167. The van der Waals surface area contributed by atoms with Gasteiger partial charge in [0.15, 0.2) is 0 Å². The molecule has 0 amide bonds. The lowest BCUT2D eigenvalue weighted by atomic mass is 9.97. The number of halogens is 6. The first kappa shape index (κ1) is 85.4. The highest BCUT2D eigenvalue weighted by atomic mass is 79.9. The van der Waals surface area contributed by atoms with Crippen LogP contribution in [-0.4, -0.2) is 0 Å². The molecule has 0 saturated carbocycles. The first-order chi connectivity index (χ1) is 63.4. The van der Waals surface area contributed by atoms with Crippen LogP contribution in [0.1, 0.15) is 22.3 Å². The minimum atomic E-state index is 0.978. The summed E-state index contributed by atoms with van der Waals surface area (Å²) in [6.07, 6.45) is 1.96. The zero-order chi connectivity index (χ0) is 87.5. The van der Waals surface area contributed by atoms with Gasteiger partial charge in [-0.25, -0.2) is 0 Å². The van der Waals surface area contributed by atoms with Crippen LogP contribution in [0.5, 0.6) is 0 Å². The van der Waals surface area contributed by atoms with Gasteiger partial charge >= 0.3 is 0 Å². The standard InChI is InChI=1S/C46H31BrN2.C26H17Br2N.2C21H16.C6H3Br3/c47-38-29-41(48(39-25-23-32-11-1-3-15-36(32)27-39)45-21-9-17-34-13-5-7-19-43(34)45)31-42(30-38)49(40-26-24-33-12-2-4-16-37(33)28-40)46-22-10-18-35-14-6-8-20-44(35)46;27-21-15-22(28)17-24(16-21)29(23-13-12-18-6-1-2-8-20(18)14-23)26-11-5-9-19-7-3-4-10-25(19)26;2*1-2-8-19-14-16(12-13-17(19)6-1)15-20-10-5-9-18-7-3-4-11-21(18)20;7-4-1-5(8)3-6(9)2-4/h1-31H;1-17H;2*1-14H,15H2;1-3H. The molecular formula is C120H83Br6N3. The Morgan fingerprint density at radius 1 is 0.140 bits per heavy atom. The zero-order valence-corrected chi connectivity index (χ0v) is 79.7. The van der Waals surface area contributed by atoms with Crippen LogP contribution in [0, 0.1) is 0 Å². The molecule has 0 aliphatic carbocycles. The number of fused-ring (bicyclic) bond motifs is 10. The summed E-state index contributed by atoms with van der Waals surface area (Å²) in [5.41, 5.74) is 15.5. The van der Waals surface area contributed by atoms with E-state index in [1.165, 1.54) is 130 Å². The molecule has 129 heavy (non-hydrogen) atoms. The van der Waals surface area contributed by atoms with Crippen molar-refractivity contribution in [2.45, 2.75) is 12.8 Å². The third-order valence-electron chi connectivity index (χ3n) is 23.5. The van der Waals surface area contributed by atoms with E-state index in [9.17, 15) is 0 Å². The van der Waals surface area contributed by atoms with Gasteiger partial charge in [0.25, 0.3) is 0 Å². The van der Waals surface area contributed by atoms with Crippen LogP contribution in [0.3, 0.4) is 0 Å². The van der Waals surface area contributed by atoms with E-state index in [-0.39, 0.29) is 0 Å². The maximum absolute atomic E-state index is 3.97. The van der Waals surface area contributed by atoms with Gasteiger partial charge in [-0.15, -0.1) is 0 Å². The maximum Gasteiger partial charge on any atom is 0.0540 e. The van der Waals surface area contributed by atoms with Gasteiger partial charge < -0.3 is 14.7 Å². The molecule has 0 aliphatic heterocycles. The van der Waals surface area contributed by atoms with Crippen molar-refractivity contribution in [2.24, 2.45) is 0 Å². The molecule has 9 heteroatoms. The van der Waals surface area contributed by atoms with Gasteiger partial charge in [-0.3, -0.25) is 0 Å². The smallest absolute Gasteiger partial charge is 0.0540 e. The van der Waals surface area contributed by atoms with Gasteiger partial charge in [-0.2, -0.15) is 0 Å². The molecule has 0 N–H and O–H groups in total. The Hall–Kier alpha value is -13.1. The molecule has 0 radical (unpaired) electrons. The first-order valence-electron chi connectivity index (χ1n) is 42.9. The van der Waals surface area contributed by atoms with Crippen molar-refractivity contribution in [3.05, 3.63) is 528 Å². The van der Waals surface area contributed by atoms with Crippen LogP contribution >= 0.6 is 95.6 Å². The summed E-state index contributed by atoms with van der Waals surface area (Å²) in [5, 5.41) is 25.1. The Morgan fingerprint density at radius 3 is 0.651 bits per heavy atom. The van der Waals surface area contributed by atoms with E-state index in [4.69, 9.17) is 0 Å². The molecule has 23 aromatic carbocycles. The van der Waals surface area contributed by atoms with E-state index >= 15 is 0 Å². The van der Waals surface area contributed by atoms with E-state index in [1.807, 2.05) is 18.2 Å². The largest absolute Gasteiger partial charge is 0.310 e. The molecule has 0 saturated heterocycles. The number of hydrogen-bond acceptors (Lipinski definition) is 3. The maximum atomic E-state index is 3.97. The SMILES string of the molecule is Brc1cc(Br)cc(Br)c1.Brc1cc(Br)cc(N(c2ccc3ccccc3c2)c2cccc3ccccc23)c1.Brc1cc(N(c2ccc3ccccc3c2)c2cccc3ccccc23)cc(N(c2ccc3ccccc3c2)c2cccc3ccccc23)c1.c1ccc2cc(Cc3cccc4ccccc34)ccc2c1.c1ccc2cc(Cc3cccc4ccccc34)ccc2c1. The molecule has 3 nitrogen and oxygen atoms in total. The lowest BCUT2D eigenvalue weighted by Crippen LogP contribution is -2.14. The highest BCUT2D eigenvalue weighted by molar-refractivity contribution is 9.12. The van der Waals surface area contributed by atoms with Crippen LogP contribution in [0.25, 0.3) is 108 Å². The van der Waals surface area contributed by atoms with Crippen LogP contribution in [-0.2, 0) is 12.8 Å². The van der Waals surface area contributed by atoms with Crippen molar-refractivity contribution in [1.29, 1.82) is 0 Å². The highest BCUT2D eigenvalue weighted by Gasteiger charge is 2.23. The van der Waals surface area contributed by atoms with E-state index in [0.717, 1.165) is 90.9 Å². The van der Waals surface area contributed by atoms with E-state index in [1.54, 1.807) is 0 Å². The number of rotatable bonds is 13. The van der Waals surface area contributed by atoms with Crippen LogP contribution in [0.4, 0.5) is 51.2 Å². The minimum Gasteiger partial charge on any atom is -0.310 e. The number of hydrogen-bond donors (Lipinski definition) is 0. The normalized spacial score (nSPS) is 11.1. The molecule has 23 rings (SSSR count). The lowest BCUT2D eigenvalue weighted by molar-refractivity contribution is 1.22. The molecule has 0 heterocycles. The number of benzene rings is 23. The minimum absolute atomic E-state index is 0.978. The van der Waals surface area contributed by atoms with Gasteiger partial charge in [0.2, 0.25) is 0 Å². The van der Waals surface area contributed by atoms with Gasteiger partial charge in [0, 0.05) is 77.1 Å². The van der Waals surface area contributed by atoms with Crippen LogP contribution in [0.15, 0.2) is 506 Å². The fourth-order valence-corrected chi connectivity index (χ4v) is 21.6. The molecule has 620 valence electrons. The van der Waals surface area contributed by atoms with E-state index in [0.29, 0.717) is 0 Å². The summed E-state index contributed by atoms with van der Waals surface area (Å²) in [5.74, 6) is 0. The van der Waals surface area contributed by atoms with Crippen molar-refractivity contribution in [3.8, 4) is 0 Å². The monoisotopic (exact) mass is 2040 g/mol. The number of anilines is 9. The van der Waals surface area contributed by atoms with Crippen molar-refractivity contribution >= 4 is 254 Å². The van der Waals surface area contributed by atoms with Gasteiger partial charge in [0.05, 0.1) is 17.1 Å². The molecule has 23 aromatic rings. The summed E-state index contributed by atoms with van der Waals surface area (Å²) >= 11 is 21.3. The third-order valence-corrected chi connectivity index (χ3v) is 26.2. The van der Waals surface area contributed by atoms with Gasteiger partial charge in [-0.1, -0.05) is 466 Å². The Kier molecular flexibility index (Phi) is 26.3. The van der Waals surface area contributed by atoms with E-state index < -0.39 is 0 Å². The molecular weight excluding hydrogens is 1960 g/mol. The van der Waals surface area contributed by atoms with Crippen LogP contribution in [0.2, 0.25) is 0 Å². The highest BCUT2D eigenvalue weighted by Crippen LogP contribution is 2.48. The zero-order valence-electron chi connectivity index (χ0n) is 70.1. The Labute approximate surface area is 802 Å². The second kappa shape index (κ2) is 39.7. The molecule has 0 unspecified atom stereocenters. The Balaban J connectivity index is 0.000000115. The van der Waals surface area contributed by atoms with Crippen molar-refractivity contribution < 1.29 is 0 Å². The lowest BCUT2D eigenvalue weighted by Gasteiger charge is -2.31. The molecule has 0 fully saturated rings. The van der Waals surface area contributed by atoms with Crippen molar-refractivity contribution in [3.63, 3.8) is 0 Å². The average molecular weight is 2050 g/mol. The topological polar surface area (TPSA) is 9.72 Å². The average Bonchev–Trinajstić information content (AvgIpc) is 0.765. The van der Waals surface area contributed by atoms with Crippen molar-refractivity contribution in [2.75, 3.05) is 14.7 Å². The van der Waals surface area contributed by atoms with Crippen molar-refractivity contribution in [1.82, 2.24) is 0 Å². The number of nitrogens with zero attached hydrogens (tertiary/aromatic N) is 3. The molecule has 0 aliphatic rings. The summed E-state index contributed by atoms with van der Waals surface area (Å²) in [4.78, 5) is 7.11. The summed E-state index contributed by atoms with van der Waals surface area (Å²) in [6, 6.07) is 171. The Bertz CT molecular complexity index is 7610. The molecule has 0 bridgehead atoms. The van der Waals surface area contributed by atoms with Crippen LogP contribution < -0.4 is 14.7 Å². The Morgan fingerprint density at radius 2 is 0.349 bits per heavy atom.